The van der Waals surface area contributed by atoms with Gasteiger partial charge in [-0.25, -0.2) is 4.79 Å². The average molecular weight is 264 g/mol. The van der Waals surface area contributed by atoms with Gasteiger partial charge in [0.15, 0.2) is 5.69 Å². The lowest BCUT2D eigenvalue weighted by Gasteiger charge is -2.02. The second-order valence-electron chi connectivity index (χ2n) is 3.29. The smallest absolute Gasteiger partial charge is 0.360 e. The minimum Gasteiger partial charge on any atom is -0.461 e. The first-order chi connectivity index (χ1) is 7.67. The lowest BCUT2D eigenvalue weighted by Crippen LogP contribution is -2.04. The fraction of sp³-hybridized carbons (Fsp3) is 0.600. The second-order valence-corrected chi connectivity index (χ2v) is 4.57. The molecule has 0 fully saturated rings. The molecule has 0 saturated heterocycles. The van der Waals surface area contributed by atoms with Crippen LogP contribution >= 0.6 is 23.4 Å². The van der Waals surface area contributed by atoms with Crippen molar-refractivity contribution >= 4 is 29.3 Å². The zero-order valence-corrected chi connectivity index (χ0v) is 10.8. The van der Waals surface area contributed by atoms with Crippen LogP contribution in [0.5, 0.6) is 0 Å². The summed E-state index contributed by atoms with van der Waals surface area (Å²) in [6.07, 6.45) is 1.31. The third kappa shape index (κ3) is 4.06. The second kappa shape index (κ2) is 6.81. The fourth-order valence-corrected chi connectivity index (χ4v) is 1.94. The van der Waals surface area contributed by atoms with Gasteiger partial charge < -0.3 is 9.15 Å². The van der Waals surface area contributed by atoms with E-state index in [1.807, 2.05) is 6.92 Å². The van der Waals surface area contributed by atoms with E-state index in [1.54, 1.807) is 6.92 Å². The van der Waals surface area contributed by atoms with Crippen LogP contribution in [-0.2, 0) is 4.74 Å². The zero-order valence-electron chi connectivity index (χ0n) is 9.23. The quantitative estimate of drug-likeness (QED) is 0.449. The number of carbonyl (C=O) groups excluding carboxylic acids is 1. The van der Waals surface area contributed by atoms with Crippen molar-refractivity contribution in [3.05, 3.63) is 12.0 Å². The molecular weight excluding hydrogens is 250 g/mol. The van der Waals surface area contributed by atoms with Crippen LogP contribution < -0.4 is 0 Å². The molecular formula is C10H14ClNO3S. The Morgan fingerprint density at radius 1 is 1.75 bits per heavy atom. The highest BCUT2D eigenvalue weighted by Gasteiger charge is 2.13. The van der Waals surface area contributed by atoms with Crippen LogP contribution in [0.1, 0.15) is 24.3 Å². The summed E-state index contributed by atoms with van der Waals surface area (Å²) in [7, 11) is 0. The summed E-state index contributed by atoms with van der Waals surface area (Å²) in [4.78, 5) is 15.3. The Morgan fingerprint density at radius 2 is 2.50 bits per heavy atom. The van der Waals surface area contributed by atoms with Gasteiger partial charge in [0.2, 0.25) is 0 Å². The highest BCUT2D eigenvalue weighted by molar-refractivity contribution is 7.99. The highest BCUT2D eigenvalue weighted by Crippen LogP contribution is 2.20. The van der Waals surface area contributed by atoms with Gasteiger partial charge in [0.1, 0.15) is 6.26 Å². The molecule has 1 heterocycles. The SMILES string of the molecule is CCOC(=O)c1coc(SCC(C)CCl)n1. The number of hydrogen-bond acceptors (Lipinski definition) is 5. The molecule has 0 amide bonds. The van der Waals surface area contributed by atoms with Crippen LogP contribution in [0.15, 0.2) is 15.9 Å². The van der Waals surface area contributed by atoms with Crippen molar-refractivity contribution in [2.45, 2.75) is 19.1 Å². The van der Waals surface area contributed by atoms with E-state index in [4.69, 9.17) is 20.8 Å². The minimum absolute atomic E-state index is 0.211. The number of alkyl halides is 1. The lowest BCUT2D eigenvalue weighted by molar-refractivity contribution is 0.0519. The third-order valence-electron chi connectivity index (χ3n) is 1.72. The summed E-state index contributed by atoms with van der Waals surface area (Å²) in [5.74, 6) is 1.33. The molecule has 1 rings (SSSR count). The summed E-state index contributed by atoms with van der Waals surface area (Å²) in [6, 6.07) is 0. The van der Waals surface area contributed by atoms with Crippen molar-refractivity contribution in [3.8, 4) is 0 Å². The van der Waals surface area contributed by atoms with E-state index in [2.05, 4.69) is 4.98 Å². The number of ether oxygens (including phenoxy) is 1. The summed E-state index contributed by atoms with van der Waals surface area (Å²) in [5, 5.41) is 0.472. The molecule has 6 heteroatoms. The molecule has 0 aliphatic heterocycles. The number of nitrogens with zero attached hydrogens (tertiary/aromatic N) is 1. The molecule has 90 valence electrons. The van der Waals surface area contributed by atoms with Gasteiger partial charge in [0.05, 0.1) is 6.61 Å². The van der Waals surface area contributed by atoms with Crippen molar-refractivity contribution in [1.29, 1.82) is 0 Å². The van der Waals surface area contributed by atoms with E-state index in [1.165, 1.54) is 18.0 Å². The number of oxazole rings is 1. The predicted octanol–water partition coefficient (Wildman–Crippen LogP) is 2.82. The van der Waals surface area contributed by atoms with Crippen LogP contribution in [0, 0.1) is 5.92 Å². The van der Waals surface area contributed by atoms with Crippen molar-refractivity contribution in [2.24, 2.45) is 5.92 Å². The van der Waals surface area contributed by atoms with Crippen LogP contribution in [0.25, 0.3) is 0 Å². The number of thioether (sulfide) groups is 1. The van der Waals surface area contributed by atoms with Crippen LogP contribution in [0.3, 0.4) is 0 Å². The topological polar surface area (TPSA) is 52.3 Å². The average Bonchev–Trinajstić information content (AvgIpc) is 2.75. The Hall–Kier alpha value is -0.680. The van der Waals surface area contributed by atoms with Crippen molar-refractivity contribution in [3.63, 3.8) is 0 Å². The molecule has 1 aromatic rings. The molecule has 0 N–H and O–H groups in total. The van der Waals surface area contributed by atoms with Gasteiger partial charge in [-0.2, -0.15) is 4.98 Å². The molecule has 0 saturated carbocycles. The molecule has 1 atom stereocenters. The number of aromatic nitrogens is 1. The number of esters is 1. The van der Waals surface area contributed by atoms with Crippen LogP contribution in [0.4, 0.5) is 0 Å². The molecule has 0 radical (unpaired) electrons. The van der Waals surface area contributed by atoms with Crippen LogP contribution in [0.2, 0.25) is 0 Å². The van der Waals surface area contributed by atoms with Gasteiger partial charge in [-0.15, -0.1) is 11.6 Å². The maximum Gasteiger partial charge on any atom is 0.360 e. The maximum atomic E-state index is 11.3. The molecule has 0 aromatic carbocycles. The van der Waals surface area contributed by atoms with E-state index in [0.29, 0.717) is 23.6 Å². The monoisotopic (exact) mass is 263 g/mol. The molecule has 4 nitrogen and oxygen atoms in total. The number of carbonyl (C=O) groups is 1. The van der Waals surface area contributed by atoms with E-state index in [0.717, 1.165) is 5.75 Å². The third-order valence-corrected chi connectivity index (χ3v) is 3.42. The Balaban J connectivity index is 2.48. The molecule has 0 bridgehead atoms. The predicted molar refractivity (Wildman–Crippen MR) is 63.1 cm³/mol. The van der Waals surface area contributed by atoms with Gasteiger partial charge in [0, 0.05) is 11.6 Å². The molecule has 0 spiro atoms. The first-order valence-electron chi connectivity index (χ1n) is 4.98. The summed E-state index contributed by atoms with van der Waals surface area (Å²) in [5.41, 5.74) is 0.211. The lowest BCUT2D eigenvalue weighted by atomic mass is 10.3. The van der Waals surface area contributed by atoms with Gasteiger partial charge in [-0.1, -0.05) is 18.7 Å². The zero-order chi connectivity index (χ0) is 12.0. The largest absolute Gasteiger partial charge is 0.461 e. The number of hydrogen-bond donors (Lipinski definition) is 0. The highest BCUT2D eigenvalue weighted by atomic mass is 35.5. The Bertz CT molecular complexity index is 343. The van der Waals surface area contributed by atoms with Gasteiger partial charge in [-0.05, 0) is 12.8 Å². The summed E-state index contributed by atoms with van der Waals surface area (Å²) < 4.78 is 9.93. The van der Waals surface area contributed by atoms with Crippen molar-refractivity contribution < 1.29 is 13.9 Å². The maximum absolute atomic E-state index is 11.3. The Labute approximate surface area is 104 Å². The van der Waals surface area contributed by atoms with Crippen molar-refractivity contribution in [1.82, 2.24) is 4.98 Å². The van der Waals surface area contributed by atoms with Gasteiger partial charge in [-0.3, -0.25) is 0 Å². The Kier molecular flexibility index (Phi) is 5.69. The van der Waals surface area contributed by atoms with E-state index in [9.17, 15) is 4.79 Å². The van der Waals surface area contributed by atoms with E-state index >= 15 is 0 Å². The summed E-state index contributed by atoms with van der Waals surface area (Å²) >= 11 is 7.12. The molecule has 1 aromatic heterocycles. The fourth-order valence-electron chi connectivity index (χ4n) is 0.880. The summed E-state index contributed by atoms with van der Waals surface area (Å²) in [6.45, 7) is 4.11. The molecule has 0 aliphatic rings. The van der Waals surface area contributed by atoms with E-state index in [-0.39, 0.29) is 5.69 Å². The molecule has 0 aliphatic carbocycles. The standard InChI is InChI=1S/C10H14ClNO3S/c1-3-14-9(13)8-5-15-10(12-8)16-6-7(2)4-11/h5,7H,3-4,6H2,1-2H3. The van der Waals surface area contributed by atoms with Gasteiger partial charge >= 0.3 is 5.97 Å². The Morgan fingerprint density at radius 3 is 3.12 bits per heavy atom. The van der Waals surface area contributed by atoms with E-state index < -0.39 is 5.97 Å². The number of rotatable bonds is 6. The normalized spacial score (nSPS) is 12.4. The molecule has 16 heavy (non-hydrogen) atoms. The number of halogens is 1. The minimum atomic E-state index is -0.455. The first-order valence-corrected chi connectivity index (χ1v) is 6.50. The van der Waals surface area contributed by atoms with Crippen molar-refractivity contribution in [2.75, 3.05) is 18.2 Å². The van der Waals surface area contributed by atoms with Gasteiger partial charge in [0.25, 0.3) is 5.22 Å². The van der Waals surface area contributed by atoms with Crippen LogP contribution in [-0.4, -0.2) is 29.2 Å². The molecule has 1 unspecified atom stereocenters. The first kappa shape index (κ1) is 13.4.